The number of nitrogens with one attached hydrogen (secondary N) is 1. The number of carbonyl (C=O) groups is 2. The topological polar surface area (TPSA) is 58.6 Å². The molecule has 0 heterocycles. The van der Waals surface area contributed by atoms with E-state index in [1.807, 2.05) is 18.9 Å². The van der Waals surface area contributed by atoms with Crippen molar-refractivity contribution >= 4 is 12.0 Å². The minimum absolute atomic E-state index is 0.00173. The van der Waals surface area contributed by atoms with Crippen molar-refractivity contribution in [2.24, 2.45) is 5.92 Å². The summed E-state index contributed by atoms with van der Waals surface area (Å²) in [4.78, 5) is 26.1. The number of ether oxygens (including phenoxy) is 1. The Labute approximate surface area is 162 Å². The molecule has 0 aromatic heterocycles. The summed E-state index contributed by atoms with van der Waals surface area (Å²) < 4.78 is 4.66. The average molecular weight is 373 g/mol. The molecule has 1 N–H and O–H groups in total. The first kappa shape index (κ1) is 19.7. The molecule has 27 heavy (non-hydrogen) atoms. The Bertz CT molecular complexity index is 718. The van der Waals surface area contributed by atoms with E-state index in [4.69, 9.17) is 0 Å². The molecule has 2 fully saturated rings. The normalized spacial score (nSPS) is 29.3. The van der Waals surface area contributed by atoms with Crippen LogP contribution in [0, 0.1) is 12.8 Å². The van der Waals surface area contributed by atoms with Gasteiger partial charge in [-0.1, -0.05) is 30.7 Å². The summed E-state index contributed by atoms with van der Waals surface area (Å²) in [6.45, 7) is 6.32. The van der Waals surface area contributed by atoms with Crippen molar-refractivity contribution in [2.45, 2.75) is 70.4 Å². The van der Waals surface area contributed by atoms with E-state index >= 15 is 0 Å². The van der Waals surface area contributed by atoms with Crippen LogP contribution in [0.25, 0.3) is 0 Å². The van der Waals surface area contributed by atoms with Crippen LogP contribution in [0.5, 0.6) is 0 Å². The minimum atomic E-state index is -0.428. The summed E-state index contributed by atoms with van der Waals surface area (Å²) in [5.41, 5.74) is 3.81. The lowest BCUT2D eigenvalue weighted by Gasteiger charge is -2.48. The molecule has 5 nitrogen and oxygen atoms in total. The maximum Gasteiger partial charge on any atom is 0.407 e. The van der Waals surface area contributed by atoms with Crippen LogP contribution in [0.2, 0.25) is 0 Å². The largest absolute Gasteiger partial charge is 0.453 e. The number of rotatable bonds is 5. The molecule has 1 aromatic carbocycles. The van der Waals surface area contributed by atoms with Crippen molar-refractivity contribution in [3.8, 4) is 0 Å². The molecule has 3 rings (SSSR count). The molecular weight excluding hydrogens is 340 g/mol. The lowest BCUT2D eigenvalue weighted by atomic mass is 9.68. The first-order valence-electron chi connectivity index (χ1n) is 9.98. The SMILES string of the molecule is CCc1cc(C)cc([C@H]2C[C@@H](N(C)C(=O)[C@H]3C[C@@](C)(NC(=O)OC)C3)C2)c1. The predicted octanol–water partition coefficient (Wildman–Crippen LogP) is 3.79. The first-order valence-corrected chi connectivity index (χ1v) is 9.98. The van der Waals surface area contributed by atoms with Gasteiger partial charge in [0.15, 0.2) is 0 Å². The van der Waals surface area contributed by atoms with Crippen LogP contribution in [-0.2, 0) is 16.0 Å². The van der Waals surface area contributed by atoms with Crippen molar-refractivity contribution in [2.75, 3.05) is 14.2 Å². The molecule has 0 bridgehead atoms. The number of carbonyl (C=O) groups excluding carboxylic acids is 2. The van der Waals surface area contributed by atoms with Gasteiger partial charge in [-0.25, -0.2) is 4.79 Å². The van der Waals surface area contributed by atoms with Gasteiger partial charge in [0.25, 0.3) is 0 Å². The minimum Gasteiger partial charge on any atom is -0.453 e. The molecule has 0 aliphatic heterocycles. The van der Waals surface area contributed by atoms with Gasteiger partial charge in [0.1, 0.15) is 0 Å². The van der Waals surface area contributed by atoms with Crippen molar-refractivity contribution in [1.29, 1.82) is 0 Å². The molecule has 0 radical (unpaired) electrons. The number of amides is 2. The number of hydrogen-bond donors (Lipinski definition) is 1. The van der Waals surface area contributed by atoms with Gasteiger partial charge >= 0.3 is 6.09 Å². The van der Waals surface area contributed by atoms with E-state index in [9.17, 15) is 9.59 Å². The third kappa shape index (κ3) is 4.12. The monoisotopic (exact) mass is 372 g/mol. The molecule has 2 aliphatic carbocycles. The second-order valence-electron chi connectivity index (χ2n) is 8.66. The highest BCUT2D eigenvalue weighted by Gasteiger charge is 2.47. The fourth-order valence-corrected chi connectivity index (χ4v) is 4.58. The Morgan fingerprint density at radius 3 is 2.52 bits per heavy atom. The van der Waals surface area contributed by atoms with Crippen molar-refractivity contribution < 1.29 is 14.3 Å². The van der Waals surface area contributed by atoms with E-state index in [2.05, 4.69) is 42.1 Å². The number of methoxy groups -OCH3 is 1. The van der Waals surface area contributed by atoms with Gasteiger partial charge in [0.2, 0.25) is 5.91 Å². The summed E-state index contributed by atoms with van der Waals surface area (Å²) in [6.07, 6.45) is 4.07. The van der Waals surface area contributed by atoms with Crippen LogP contribution in [-0.4, -0.2) is 42.6 Å². The Hall–Kier alpha value is -2.04. The summed E-state index contributed by atoms with van der Waals surface area (Å²) in [6, 6.07) is 7.20. The highest BCUT2D eigenvalue weighted by atomic mass is 16.5. The van der Waals surface area contributed by atoms with Gasteiger partial charge in [0, 0.05) is 24.5 Å². The third-order valence-corrected chi connectivity index (χ3v) is 6.38. The maximum atomic E-state index is 12.8. The van der Waals surface area contributed by atoms with Gasteiger partial charge in [-0.3, -0.25) is 4.79 Å². The average Bonchev–Trinajstić information content (AvgIpc) is 2.56. The van der Waals surface area contributed by atoms with Gasteiger partial charge in [0.05, 0.1) is 7.11 Å². The Kier molecular flexibility index (Phi) is 5.50. The zero-order valence-corrected chi connectivity index (χ0v) is 17.2. The second kappa shape index (κ2) is 7.53. The molecule has 0 saturated heterocycles. The smallest absolute Gasteiger partial charge is 0.407 e. The van der Waals surface area contributed by atoms with E-state index < -0.39 is 6.09 Å². The molecule has 5 heteroatoms. The molecular formula is C22H32N2O3. The first-order chi connectivity index (χ1) is 12.7. The summed E-state index contributed by atoms with van der Waals surface area (Å²) in [7, 11) is 3.29. The van der Waals surface area contributed by atoms with E-state index in [1.54, 1.807) is 0 Å². The predicted molar refractivity (Wildman–Crippen MR) is 106 cm³/mol. The van der Waals surface area contributed by atoms with E-state index in [0.717, 1.165) is 19.3 Å². The molecule has 0 spiro atoms. The highest BCUT2D eigenvalue weighted by molar-refractivity contribution is 5.81. The van der Waals surface area contributed by atoms with Crippen LogP contribution in [0.3, 0.4) is 0 Å². The van der Waals surface area contributed by atoms with Crippen LogP contribution in [0.15, 0.2) is 18.2 Å². The van der Waals surface area contributed by atoms with Gasteiger partial charge in [-0.15, -0.1) is 0 Å². The number of alkyl carbamates (subject to hydrolysis) is 1. The molecule has 2 saturated carbocycles. The summed E-state index contributed by atoms with van der Waals surface area (Å²) >= 11 is 0. The number of hydrogen-bond acceptors (Lipinski definition) is 3. The van der Waals surface area contributed by atoms with Crippen LogP contribution < -0.4 is 5.32 Å². The number of aryl methyl sites for hydroxylation is 2. The molecule has 2 amide bonds. The summed E-state index contributed by atoms with van der Waals surface area (Å²) in [5.74, 6) is 0.769. The molecule has 2 aliphatic rings. The zero-order chi connectivity index (χ0) is 19.8. The van der Waals surface area contributed by atoms with Gasteiger partial charge in [-0.2, -0.15) is 0 Å². The maximum absolute atomic E-state index is 12.8. The van der Waals surface area contributed by atoms with Crippen LogP contribution in [0.1, 0.15) is 62.1 Å². The molecule has 148 valence electrons. The van der Waals surface area contributed by atoms with E-state index in [-0.39, 0.29) is 17.4 Å². The highest BCUT2D eigenvalue weighted by Crippen LogP contribution is 2.43. The van der Waals surface area contributed by atoms with Crippen molar-refractivity contribution in [3.63, 3.8) is 0 Å². The zero-order valence-electron chi connectivity index (χ0n) is 17.2. The van der Waals surface area contributed by atoms with Crippen molar-refractivity contribution in [3.05, 3.63) is 34.9 Å². The Balaban J connectivity index is 1.51. The fraction of sp³-hybridized carbons (Fsp3) is 0.636. The van der Waals surface area contributed by atoms with Gasteiger partial charge < -0.3 is 15.0 Å². The van der Waals surface area contributed by atoms with Crippen LogP contribution >= 0.6 is 0 Å². The van der Waals surface area contributed by atoms with E-state index in [1.165, 1.54) is 23.8 Å². The lowest BCUT2D eigenvalue weighted by Crippen LogP contribution is -2.59. The Morgan fingerprint density at radius 2 is 1.93 bits per heavy atom. The second-order valence-corrected chi connectivity index (χ2v) is 8.66. The number of benzene rings is 1. The van der Waals surface area contributed by atoms with Crippen LogP contribution in [0.4, 0.5) is 4.79 Å². The molecule has 0 unspecified atom stereocenters. The van der Waals surface area contributed by atoms with Gasteiger partial charge in [-0.05, 0) is 63.0 Å². The fourth-order valence-electron chi connectivity index (χ4n) is 4.58. The number of nitrogens with zero attached hydrogens (tertiary/aromatic N) is 1. The summed E-state index contributed by atoms with van der Waals surface area (Å²) in [5, 5.41) is 2.84. The Morgan fingerprint density at radius 1 is 1.26 bits per heavy atom. The quantitative estimate of drug-likeness (QED) is 0.855. The lowest BCUT2D eigenvalue weighted by molar-refractivity contribution is -0.143. The standard InChI is InChI=1S/C22H32N2O3/c1-6-15-7-14(2)8-16(9-15)17-10-19(11-17)24(4)20(25)18-12-22(3,13-18)23-21(26)27-5/h7-9,17-19H,6,10-13H2,1-5H3,(H,23,26)/t17-,18-,19+,22+. The molecule has 1 aromatic rings. The third-order valence-electron chi connectivity index (χ3n) is 6.38. The van der Waals surface area contributed by atoms with E-state index in [0.29, 0.717) is 24.8 Å². The molecule has 0 atom stereocenters. The van der Waals surface area contributed by atoms with Crippen molar-refractivity contribution in [1.82, 2.24) is 10.2 Å².